The van der Waals surface area contributed by atoms with Crippen molar-refractivity contribution in [3.05, 3.63) is 94.5 Å². The third-order valence-corrected chi connectivity index (χ3v) is 6.11. The van der Waals surface area contributed by atoms with Crippen molar-refractivity contribution in [1.82, 2.24) is 5.34 Å². The third-order valence-electron chi connectivity index (χ3n) is 6.11. The Hall–Kier alpha value is -4.39. The molecule has 0 aliphatic rings. The Balaban J connectivity index is 0.00000187. The number of aryl methyl sites for hydroxylation is 2. The van der Waals surface area contributed by atoms with Gasteiger partial charge in [-0.2, -0.15) is 13.2 Å². The molecule has 7 nitrogen and oxygen atoms in total. The summed E-state index contributed by atoms with van der Waals surface area (Å²) in [5.74, 6) is -5.87. The fraction of sp³-hybridized carbons (Fsp3) is 0.250. The third kappa shape index (κ3) is 6.85. The predicted octanol–water partition coefficient (Wildman–Crippen LogP) is 6.10. The lowest BCUT2D eigenvalue weighted by atomic mass is 9.96. The molecule has 0 aromatic heterocycles. The van der Waals surface area contributed by atoms with Crippen LogP contribution in [0, 0.1) is 13.8 Å². The molecule has 41 heavy (non-hydrogen) atoms. The molecule has 3 aromatic rings. The van der Waals surface area contributed by atoms with Crippen molar-refractivity contribution in [3.8, 4) is 0 Å². The molecule has 3 aromatic carbocycles. The maximum Gasteiger partial charge on any atom is 0.446 e. The van der Waals surface area contributed by atoms with Crippen molar-refractivity contribution in [1.29, 1.82) is 0 Å². The molecule has 3 rings (SSSR count). The number of anilines is 2. The molecular formula is C28H28F6N4O3. The topological polar surface area (TPSA) is 87.0 Å². The zero-order valence-electron chi connectivity index (χ0n) is 22.5. The SMILES string of the molecule is CCN(C(=O)c1ccccc1)c1cccc(C(=O)N(C)c2c(C)cc(C(F)(N(F)F)C(F)(F)F)cc2C)c1.NC=O. The quantitative estimate of drug-likeness (QED) is 0.158. The van der Waals surface area contributed by atoms with Crippen LogP contribution in [-0.4, -0.2) is 43.3 Å². The molecule has 0 heterocycles. The predicted molar refractivity (Wildman–Crippen MR) is 142 cm³/mol. The molecular weight excluding hydrogens is 554 g/mol. The number of carbonyl (C=O) groups is 3. The van der Waals surface area contributed by atoms with E-state index >= 15 is 0 Å². The highest BCUT2D eigenvalue weighted by molar-refractivity contribution is 6.09. The number of hydrogen-bond donors (Lipinski definition) is 1. The number of nitrogens with zero attached hydrogens (tertiary/aromatic N) is 3. The van der Waals surface area contributed by atoms with Gasteiger partial charge in [-0.15, -0.1) is 0 Å². The fourth-order valence-corrected chi connectivity index (χ4v) is 4.32. The van der Waals surface area contributed by atoms with Crippen molar-refractivity contribution in [2.45, 2.75) is 32.7 Å². The minimum Gasteiger partial charge on any atom is -0.372 e. The summed E-state index contributed by atoms with van der Waals surface area (Å²) < 4.78 is 80.4. The van der Waals surface area contributed by atoms with Crippen LogP contribution < -0.4 is 15.5 Å². The Morgan fingerprint density at radius 3 is 1.83 bits per heavy atom. The van der Waals surface area contributed by atoms with Crippen LogP contribution in [0.5, 0.6) is 0 Å². The molecule has 13 heteroatoms. The molecule has 0 spiro atoms. The second-order valence-electron chi connectivity index (χ2n) is 8.78. The van der Waals surface area contributed by atoms with Gasteiger partial charge in [0.15, 0.2) is 0 Å². The molecule has 0 saturated carbocycles. The highest BCUT2D eigenvalue weighted by atomic mass is 19.4. The monoisotopic (exact) mass is 582 g/mol. The van der Waals surface area contributed by atoms with Gasteiger partial charge in [-0.05, 0) is 74.4 Å². The molecule has 1 atom stereocenters. The Bertz CT molecular complexity index is 1360. The Morgan fingerprint density at radius 2 is 1.37 bits per heavy atom. The molecule has 0 aliphatic carbocycles. The molecule has 0 fully saturated rings. The summed E-state index contributed by atoms with van der Waals surface area (Å²) in [6.45, 7) is 4.67. The largest absolute Gasteiger partial charge is 0.446 e. The summed E-state index contributed by atoms with van der Waals surface area (Å²) >= 11 is 0. The van der Waals surface area contributed by atoms with Crippen molar-refractivity contribution >= 4 is 29.6 Å². The zero-order chi connectivity index (χ0) is 31.1. The van der Waals surface area contributed by atoms with Crippen LogP contribution in [-0.2, 0) is 10.6 Å². The maximum atomic E-state index is 14.5. The minimum atomic E-state index is -5.92. The van der Waals surface area contributed by atoms with Gasteiger partial charge in [0.2, 0.25) is 6.41 Å². The number of hydrogen-bond acceptors (Lipinski definition) is 4. The number of halogens is 6. The number of alkyl halides is 4. The Morgan fingerprint density at radius 1 is 0.854 bits per heavy atom. The summed E-state index contributed by atoms with van der Waals surface area (Å²) in [5.41, 5.74) is 4.02. The van der Waals surface area contributed by atoms with E-state index in [4.69, 9.17) is 4.79 Å². The number of amides is 3. The highest BCUT2D eigenvalue weighted by Crippen LogP contribution is 2.47. The van der Waals surface area contributed by atoms with Crippen molar-refractivity contribution in [3.63, 3.8) is 0 Å². The number of rotatable bonds is 7. The molecule has 0 aliphatic heterocycles. The summed E-state index contributed by atoms with van der Waals surface area (Å²) in [4.78, 5) is 37.5. The molecule has 2 N–H and O–H groups in total. The number of benzene rings is 3. The summed E-state index contributed by atoms with van der Waals surface area (Å²) in [6, 6.07) is 16.1. The number of nitrogens with two attached hydrogens (primary N) is 1. The van der Waals surface area contributed by atoms with Gasteiger partial charge in [-0.25, -0.2) is 4.39 Å². The van der Waals surface area contributed by atoms with Crippen LogP contribution in [0.4, 0.5) is 37.9 Å². The van der Waals surface area contributed by atoms with Crippen molar-refractivity contribution < 1.29 is 40.9 Å². The number of carbonyl (C=O) groups excluding carboxylic acids is 3. The highest BCUT2D eigenvalue weighted by Gasteiger charge is 2.64. The Kier molecular flexibility index (Phi) is 10.7. The Labute approximate surface area is 232 Å². The van der Waals surface area contributed by atoms with Gasteiger partial charge in [-0.1, -0.05) is 33.2 Å². The molecule has 220 valence electrons. The van der Waals surface area contributed by atoms with Gasteiger partial charge < -0.3 is 15.5 Å². The second-order valence-corrected chi connectivity index (χ2v) is 8.78. The fourth-order valence-electron chi connectivity index (χ4n) is 4.32. The van der Waals surface area contributed by atoms with Crippen molar-refractivity contribution in [2.75, 3.05) is 23.4 Å². The summed E-state index contributed by atoms with van der Waals surface area (Å²) in [6.07, 6.45) is -5.67. The normalized spacial score (nSPS) is 12.6. The van der Waals surface area contributed by atoms with Gasteiger partial charge >= 0.3 is 12.0 Å². The van der Waals surface area contributed by atoms with E-state index in [2.05, 4.69) is 5.73 Å². The van der Waals surface area contributed by atoms with E-state index in [1.807, 2.05) is 0 Å². The van der Waals surface area contributed by atoms with Gasteiger partial charge in [-0.3, -0.25) is 14.4 Å². The van der Waals surface area contributed by atoms with Crippen LogP contribution in [0.3, 0.4) is 0 Å². The maximum absolute atomic E-state index is 14.5. The van der Waals surface area contributed by atoms with Crippen LogP contribution in [0.1, 0.15) is 44.3 Å². The lowest BCUT2D eigenvalue weighted by Gasteiger charge is -2.30. The first-order chi connectivity index (χ1) is 19.1. The second kappa shape index (κ2) is 13.3. The molecule has 1 unspecified atom stereocenters. The first-order valence-corrected chi connectivity index (χ1v) is 12.0. The summed E-state index contributed by atoms with van der Waals surface area (Å²) in [7, 11) is 1.36. The van der Waals surface area contributed by atoms with E-state index in [0.29, 0.717) is 29.9 Å². The molecule has 0 saturated heterocycles. The van der Waals surface area contributed by atoms with Gasteiger partial charge in [0.25, 0.3) is 11.8 Å². The van der Waals surface area contributed by atoms with Gasteiger partial charge in [0, 0.05) is 41.7 Å². The smallest absolute Gasteiger partial charge is 0.372 e. The van der Waals surface area contributed by atoms with Gasteiger partial charge in [0.1, 0.15) is 0 Å². The van der Waals surface area contributed by atoms with E-state index in [9.17, 15) is 36.1 Å². The average molecular weight is 583 g/mol. The molecule has 0 bridgehead atoms. The summed E-state index contributed by atoms with van der Waals surface area (Å²) in [5, 5.41) is -2.52. The van der Waals surface area contributed by atoms with E-state index in [1.54, 1.807) is 49.4 Å². The molecule has 0 radical (unpaired) electrons. The zero-order valence-corrected chi connectivity index (χ0v) is 22.5. The number of primary amides is 1. The lowest BCUT2D eigenvalue weighted by Crippen LogP contribution is -2.46. The minimum absolute atomic E-state index is 0.0189. The first-order valence-electron chi connectivity index (χ1n) is 12.0. The lowest BCUT2D eigenvalue weighted by molar-refractivity contribution is -0.388. The molecule has 3 amide bonds. The van der Waals surface area contributed by atoms with E-state index < -0.39 is 28.8 Å². The van der Waals surface area contributed by atoms with Crippen molar-refractivity contribution in [2.24, 2.45) is 5.73 Å². The van der Waals surface area contributed by atoms with E-state index in [0.717, 1.165) is 4.90 Å². The van der Waals surface area contributed by atoms with Crippen LogP contribution in [0.2, 0.25) is 0 Å². The first kappa shape index (κ1) is 32.8. The van der Waals surface area contributed by atoms with Crippen LogP contribution in [0.15, 0.2) is 66.7 Å². The van der Waals surface area contributed by atoms with Crippen LogP contribution >= 0.6 is 0 Å². The van der Waals surface area contributed by atoms with E-state index in [1.165, 1.54) is 37.9 Å². The van der Waals surface area contributed by atoms with Gasteiger partial charge in [0.05, 0.1) is 5.34 Å². The van der Waals surface area contributed by atoms with E-state index in [-0.39, 0.29) is 34.7 Å². The average Bonchev–Trinajstić information content (AvgIpc) is 2.92. The van der Waals surface area contributed by atoms with Crippen LogP contribution in [0.25, 0.3) is 0 Å². The standard InChI is InChI=1S/C27H25F6N3O2.CH3NO/c1-5-35(25(38)19-10-7-6-8-11-19)22-13-9-12-20(16-22)24(37)34(4)23-17(2)14-21(15-18(23)3)26(28,36(32)33)27(29,30)31;2-1-3/h6-16H,5H2,1-4H3;1H,(H2,2,3).